The molecule has 2 aromatic rings. The molecule has 0 bridgehead atoms. The zero-order chi connectivity index (χ0) is 20.2. The highest BCUT2D eigenvalue weighted by Crippen LogP contribution is 2.42. The van der Waals surface area contributed by atoms with Crippen LogP contribution in [0, 0.1) is 11.3 Å². The van der Waals surface area contributed by atoms with E-state index in [1.54, 1.807) is 0 Å². The number of hydrogen-bond acceptors (Lipinski definition) is 3. The Morgan fingerprint density at radius 1 is 1.11 bits per heavy atom. The monoisotopic (exact) mass is 410 g/mol. The molecule has 1 heterocycles. The summed E-state index contributed by atoms with van der Waals surface area (Å²) in [5, 5.41) is 20.3. The number of likely N-dealkylation sites (N-methyl/N-ethyl adjacent to an activating group) is 1. The topological polar surface area (TPSA) is 93.6 Å². The standard InChI is InChI=1S/C21H30N2O4.ClH/c1-5-21(6-2,18(19(24)25)20(26)27)13-15-14-9-7-8-10-16(14)22-17(15)11-12-23(3)4;/h7-10,18,22H,5-6,11-13H2,1-4H3,(H,24,25)(H,26,27);1H. The van der Waals surface area contributed by atoms with Crippen molar-refractivity contribution in [1.82, 2.24) is 9.88 Å². The Kier molecular flexibility index (Phi) is 8.51. The molecule has 0 aliphatic rings. The van der Waals surface area contributed by atoms with E-state index in [0.29, 0.717) is 19.3 Å². The largest absolute Gasteiger partial charge is 0.481 e. The van der Waals surface area contributed by atoms with Gasteiger partial charge < -0.3 is 20.1 Å². The van der Waals surface area contributed by atoms with Crippen molar-refractivity contribution in [2.75, 3.05) is 20.6 Å². The zero-order valence-electron chi connectivity index (χ0n) is 17.0. The summed E-state index contributed by atoms with van der Waals surface area (Å²) in [5.74, 6) is -3.95. The van der Waals surface area contributed by atoms with Crippen LogP contribution in [0.2, 0.25) is 0 Å². The number of para-hydroxylation sites is 1. The number of fused-ring (bicyclic) bond motifs is 1. The number of halogens is 1. The van der Waals surface area contributed by atoms with Crippen LogP contribution in [0.15, 0.2) is 24.3 Å². The van der Waals surface area contributed by atoms with Gasteiger partial charge in [-0.1, -0.05) is 32.0 Å². The summed E-state index contributed by atoms with van der Waals surface area (Å²) in [7, 11) is 4.02. The van der Waals surface area contributed by atoms with Crippen LogP contribution in [-0.4, -0.2) is 52.7 Å². The lowest BCUT2D eigenvalue weighted by Crippen LogP contribution is -2.42. The van der Waals surface area contributed by atoms with Crippen LogP contribution in [-0.2, 0) is 22.4 Å². The third-order valence-corrected chi connectivity index (χ3v) is 5.75. The van der Waals surface area contributed by atoms with Crippen LogP contribution in [0.25, 0.3) is 10.9 Å². The Morgan fingerprint density at radius 2 is 1.68 bits per heavy atom. The molecule has 0 aliphatic heterocycles. The summed E-state index contributed by atoms with van der Waals surface area (Å²) in [5.41, 5.74) is 2.27. The third kappa shape index (κ3) is 4.86. The Hall–Kier alpha value is -2.05. The third-order valence-electron chi connectivity index (χ3n) is 5.75. The van der Waals surface area contributed by atoms with E-state index >= 15 is 0 Å². The van der Waals surface area contributed by atoms with E-state index in [0.717, 1.165) is 35.1 Å². The summed E-state index contributed by atoms with van der Waals surface area (Å²) in [6.45, 7) is 4.62. The Morgan fingerprint density at radius 3 is 2.18 bits per heavy atom. The van der Waals surface area contributed by atoms with Gasteiger partial charge in [0.2, 0.25) is 0 Å². The number of nitrogens with zero attached hydrogens (tertiary/aromatic N) is 1. The second kappa shape index (κ2) is 9.94. The molecule has 0 saturated carbocycles. The molecule has 0 amide bonds. The maximum absolute atomic E-state index is 11.8. The molecule has 0 aliphatic carbocycles. The molecule has 3 N–H and O–H groups in total. The molecule has 0 radical (unpaired) electrons. The van der Waals surface area contributed by atoms with E-state index in [-0.39, 0.29) is 12.4 Å². The van der Waals surface area contributed by atoms with E-state index in [2.05, 4.69) is 9.88 Å². The van der Waals surface area contributed by atoms with Gasteiger partial charge in [0.05, 0.1) is 0 Å². The van der Waals surface area contributed by atoms with Crippen LogP contribution < -0.4 is 0 Å². The molecule has 0 fully saturated rings. The fraction of sp³-hybridized carbons (Fsp3) is 0.524. The van der Waals surface area contributed by atoms with Gasteiger partial charge in [-0.05, 0) is 50.4 Å². The molecular formula is C21H31ClN2O4. The van der Waals surface area contributed by atoms with Crippen molar-refractivity contribution in [3.05, 3.63) is 35.5 Å². The second-order valence-electron chi connectivity index (χ2n) is 7.54. The minimum absolute atomic E-state index is 0. The summed E-state index contributed by atoms with van der Waals surface area (Å²) < 4.78 is 0. The summed E-state index contributed by atoms with van der Waals surface area (Å²) in [6, 6.07) is 7.94. The molecule has 1 aromatic heterocycles. The minimum atomic E-state index is -1.43. The minimum Gasteiger partial charge on any atom is -0.481 e. The summed E-state index contributed by atoms with van der Waals surface area (Å²) in [4.78, 5) is 29.2. The smallest absolute Gasteiger partial charge is 0.318 e. The van der Waals surface area contributed by atoms with Gasteiger partial charge in [0.15, 0.2) is 5.92 Å². The normalized spacial score (nSPS) is 11.8. The van der Waals surface area contributed by atoms with Crippen molar-refractivity contribution in [3.63, 3.8) is 0 Å². The predicted octanol–water partition coefficient (Wildman–Crippen LogP) is 3.83. The molecule has 0 atom stereocenters. The van der Waals surface area contributed by atoms with E-state index in [9.17, 15) is 19.8 Å². The number of benzene rings is 1. The fourth-order valence-corrected chi connectivity index (χ4v) is 4.00. The highest BCUT2D eigenvalue weighted by atomic mass is 35.5. The first-order valence-corrected chi connectivity index (χ1v) is 9.44. The lowest BCUT2D eigenvalue weighted by Gasteiger charge is -2.35. The van der Waals surface area contributed by atoms with Crippen molar-refractivity contribution >= 4 is 35.2 Å². The highest BCUT2D eigenvalue weighted by Gasteiger charge is 2.46. The Bertz CT molecular complexity index is 798. The van der Waals surface area contributed by atoms with Crippen molar-refractivity contribution in [1.29, 1.82) is 0 Å². The average Bonchev–Trinajstić information content (AvgIpc) is 2.96. The number of aromatic nitrogens is 1. The molecule has 0 saturated heterocycles. The van der Waals surface area contributed by atoms with Crippen molar-refractivity contribution in [2.24, 2.45) is 11.3 Å². The molecule has 28 heavy (non-hydrogen) atoms. The van der Waals surface area contributed by atoms with Crippen LogP contribution in [0.1, 0.15) is 37.9 Å². The van der Waals surface area contributed by atoms with Gasteiger partial charge in [-0.3, -0.25) is 9.59 Å². The molecule has 7 heteroatoms. The number of aromatic amines is 1. The molecular weight excluding hydrogens is 380 g/mol. The van der Waals surface area contributed by atoms with Gasteiger partial charge in [-0.15, -0.1) is 12.4 Å². The Labute approximate surface area is 172 Å². The number of carboxylic acid groups (broad SMARTS) is 2. The van der Waals surface area contributed by atoms with Gasteiger partial charge in [0.25, 0.3) is 0 Å². The number of nitrogens with one attached hydrogen (secondary N) is 1. The second-order valence-corrected chi connectivity index (χ2v) is 7.54. The van der Waals surface area contributed by atoms with Gasteiger partial charge >= 0.3 is 11.9 Å². The van der Waals surface area contributed by atoms with Crippen LogP contribution in [0.5, 0.6) is 0 Å². The number of carboxylic acids is 2. The number of rotatable bonds is 10. The van der Waals surface area contributed by atoms with Crippen molar-refractivity contribution in [3.8, 4) is 0 Å². The predicted molar refractivity (Wildman–Crippen MR) is 113 cm³/mol. The van der Waals surface area contributed by atoms with Gasteiger partial charge in [-0.2, -0.15) is 0 Å². The van der Waals surface area contributed by atoms with Gasteiger partial charge in [0, 0.05) is 29.6 Å². The number of hydrogen-bond donors (Lipinski definition) is 3. The highest BCUT2D eigenvalue weighted by molar-refractivity contribution is 5.94. The fourth-order valence-electron chi connectivity index (χ4n) is 4.00. The lowest BCUT2D eigenvalue weighted by atomic mass is 9.67. The van der Waals surface area contributed by atoms with E-state index < -0.39 is 23.3 Å². The number of aliphatic carboxylic acids is 2. The van der Waals surface area contributed by atoms with E-state index in [1.807, 2.05) is 52.2 Å². The van der Waals surface area contributed by atoms with Crippen LogP contribution in [0.3, 0.4) is 0 Å². The maximum Gasteiger partial charge on any atom is 0.318 e. The van der Waals surface area contributed by atoms with Gasteiger partial charge in [0.1, 0.15) is 0 Å². The van der Waals surface area contributed by atoms with Crippen molar-refractivity contribution < 1.29 is 19.8 Å². The summed E-state index contributed by atoms with van der Waals surface area (Å²) >= 11 is 0. The average molecular weight is 411 g/mol. The summed E-state index contributed by atoms with van der Waals surface area (Å²) in [6.07, 6.45) is 2.19. The van der Waals surface area contributed by atoms with Crippen molar-refractivity contribution in [2.45, 2.75) is 39.5 Å². The van der Waals surface area contributed by atoms with Crippen LogP contribution >= 0.6 is 12.4 Å². The lowest BCUT2D eigenvalue weighted by molar-refractivity contribution is -0.162. The maximum atomic E-state index is 11.8. The molecule has 0 spiro atoms. The first kappa shape index (κ1) is 24.0. The molecule has 0 unspecified atom stereocenters. The molecule has 1 aromatic carbocycles. The van der Waals surface area contributed by atoms with E-state index in [1.165, 1.54) is 0 Å². The number of carbonyl (C=O) groups is 2. The quantitative estimate of drug-likeness (QED) is 0.517. The first-order chi connectivity index (χ1) is 12.8. The first-order valence-electron chi connectivity index (χ1n) is 9.44. The number of H-pyrrole nitrogens is 1. The Balaban J connectivity index is 0.00000392. The van der Waals surface area contributed by atoms with E-state index in [4.69, 9.17) is 0 Å². The molecule has 6 nitrogen and oxygen atoms in total. The zero-order valence-corrected chi connectivity index (χ0v) is 17.8. The molecule has 2 rings (SSSR count). The molecule has 156 valence electrons. The van der Waals surface area contributed by atoms with Gasteiger partial charge in [-0.25, -0.2) is 0 Å². The van der Waals surface area contributed by atoms with Crippen LogP contribution in [0.4, 0.5) is 0 Å². The SMILES string of the molecule is CCC(CC)(Cc1c(CCN(C)C)[nH]c2ccccc12)C(C(=O)O)C(=O)O.Cl.